The molecule has 0 fully saturated rings. The number of aromatic nitrogens is 2. The third-order valence-corrected chi connectivity index (χ3v) is 3.05. The highest BCUT2D eigenvalue weighted by atomic mass is 35.5. The maximum Gasteiger partial charge on any atom is 0.416 e. The lowest BCUT2D eigenvalue weighted by Gasteiger charge is -2.10. The van der Waals surface area contributed by atoms with Gasteiger partial charge in [0.1, 0.15) is 5.15 Å². The maximum absolute atomic E-state index is 12.4. The standard InChI is InChI=1S/C11H7Cl2F3N2/c12-9-3-8(11(14,15)16)2-1-7(9)5-18-6-17-4-10(18)13/h1-4,6H,5H2. The van der Waals surface area contributed by atoms with Crippen LogP contribution < -0.4 is 0 Å². The van der Waals surface area contributed by atoms with E-state index in [1.807, 2.05) is 0 Å². The number of halogens is 5. The molecule has 0 saturated carbocycles. The molecule has 2 rings (SSSR count). The van der Waals surface area contributed by atoms with E-state index >= 15 is 0 Å². The molecule has 0 radical (unpaired) electrons. The highest BCUT2D eigenvalue weighted by Gasteiger charge is 2.30. The largest absolute Gasteiger partial charge is 0.416 e. The summed E-state index contributed by atoms with van der Waals surface area (Å²) in [6.07, 6.45) is -1.47. The Morgan fingerprint density at radius 1 is 1.22 bits per heavy atom. The number of imidazole rings is 1. The fraction of sp³-hybridized carbons (Fsp3) is 0.182. The van der Waals surface area contributed by atoms with E-state index in [0.29, 0.717) is 10.7 Å². The van der Waals surface area contributed by atoms with Crippen molar-refractivity contribution in [3.63, 3.8) is 0 Å². The molecule has 2 nitrogen and oxygen atoms in total. The second kappa shape index (κ2) is 4.82. The summed E-state index contributed by atoms with van der Waals surface area (Å²) in [5, 5.41) is 0.445. The van der Waals surface area contributed by atoms with Crippen LogP contribution in [-0.2, 0) is 12.7 Å². The first-order valence-electron chi connectivity index (χ1n) is 4.89. The first kappa shape index (κ1) is 13.2. The van der Waals surface area contributed by atoms with Crippen molar-refractivity contribution in [1.82, 2.24) is 9.55 Å². The fourth-order valence-corrected chi connectivity index (χ4v) is 1.86. The average Bonchev–Trinajstić information content (AvgIpc) is 2.66. The van der Waals surface area contributed by atoms with Gasteiger partial charge in [0.2, 0.25) is 0 Å². The topological polar surface area (TPSA) is 17.8 Å². The molecule has 1 aromatic carbocycles. The van der Waals surface area contributed by atoms with Gasteiger partial charge in [-0.3, -0.25) is 0 Å². The van der Waals surface area contributed by atoms with Gasteiger partial charge in [-0.25, -0.2) is 4.98 Å². The normalized spacial score (nSPS) is 11.8. The quantitative estimate of drug-likeness (QED) is 0.809. The minimum absolute atomic E-state index is 0.0505. The Kier molecular flexibility index (Phi) is 3.54. The minimum Gasteiger partial charge on any atom is -0.317 e. The molecule has 18 heavy (non-hydrogen) atoms. The zero-order chi connectivity index (χ0) is 13.3. The van der Waals surface area contributed by atoms with Gasteiger partial charge in [0, 0.05) is 5.02 Å². The van der Waals surface area contributed by atoms with Crippen LogP contribution in [0, 0.1) is 0 Å². The van der Waals surface area contributed by atoms with Gasteiger partial charge < -0.3 is 4.57 Å². The second-order valence-electron chi connectivity index (χ2n) is 3.65. The molecule has 1 aromatic heterocycles. The van der Waals surface area contributed by atoms with Crippen molar-refractivity contribution in [1.29, 1.82) is 0 Å². The highest BCUT2D eigenvalue weighted by molar-refractivity contribution is 6.31. The van der Waals surface area contributed by atoms with Crippen LogP contribution in [0.3, 0.4) is 0 Å². The Morgan fingerprint density at radius 3 is 2.44 bits per heavy atom. The van der Waals surface area contributed by atoms with Crippen molar-refractivity contribution in [3.8, 4) is 0 Å². The van der Waals surface area contributed by atoms with Crippen LogP contribution in [0.15, 0.2) is 30.7 Å². The Labute approximate surface area is 111 Å². The monoisotopic (exact) mass is 294 g/mol. The molecule has 0 aliphatic heterocycles. The molecule has 0 N–H and O–H groups in total. The minimum atomic E-state index is -4.39. The third kappa shape index (κ3) is 2.79. The van der Waals surface area contributed by atoms with Crippen molar-refractivity contribution in [3.05, 3.63) is 52.0 Å². The SMILES string of the molecule is FC(F)(F)c1ccc(Cn2cncc2Cl)c(Cl)c1. The molecule has 0 aliphatic rings. The van der Waals surface area contributed by atoms with Gasteiger partial charge >= 0.3 is 6.18 Å². The Morgan fingerprint density at radius 2 is 1.94 bits per heavy atom. The molecule has 7 heteroatoms. The van der Waals surface area contributed by atoms with Gasteiger partial charge in [0.05, 0.1) is 24.6 Å². The first-order chi connectivity index (χ1) is 8.38. The van der Waals surface area contributed by atoms with E-state index in [-0.39, 0.29) is 11.6 Å². The van der Waals surface area contributed by atoms with Gasteiger partial charge in [-0.15, -0.1) is 0 Å². The summed E-state index contributed by atoms with van der Waals surface area (Å²) in [6, 6.07) is 3.23. The zero-order valence-corrected chi connectivity index (χ0v) is 10.4. The van der Waals surface area contributed by atoms with Gasteiger partial charge in [0.25, 0.3) is 0 Å². The first-order valence-corrected chi connectivity index (χ1v) is 5.65. The molecular weight excluding hydrogens is 288 g/mol. The van der Waals surface area contributed by atoms with E-state index < -0.39 is 11.7 Å². The van der Waals surface area contributed by atoms with E-state index in [9.17, 15) is 13.2 Å². The summed E-state index contributed by atoms with van der Waals surface area (Å²) in [6.45, 7) is 0.274. The van der Waals surface area contributed by atoms with Crippen molar-refractivity contribution in [2.75, 3.05) is 0 Å². The Balaban J connectivity index is 2.29. The summed E-state index contributed by atoms with van der Waals surface area (Å²) < 4.78 is 38.9. The smallest absolute Gasteiger partial charge is 0.317 e. The van der Waals surface area contributed by atoms with E-state index in [1.54, 1.807) is 4.57 Å². The van der Waals surface area contributed by atoms with E-state index in [2.05, 4.69) is 4.98 Å². The number of nitrogens with zero attached hydrogens (tertiary/aromatic N) is 2. The van der Waals surface area contributed by atoms with Crippen molar-refractivity contribution < 1.29 is 13.2 Å². The zero-order valence-electron chi connectivity index (χ0n) is 8.88. The third-order valence-electron chi connectivity index (χ3n) is 2.38. The molecule has 96 valence electrons. The van der Waals surface area contributed by atoms with E-state index in [1.165, 1.54) is 18.6 Å². The van der Waals surface area contributed by atoms with Crippen LogP contribution in [0.4, 0.5) is 13.2 Å². The molecule has 0 bridgehead atoms. The van der Waals surface area contributed by atoms with Crippen LogP contribution in [0.5, 0.6) is 0 Å². The predicted octanol–water partition coefficient (Wildman–Crippen LogP) is 4.26. The maximum atomic E-state index is 12.4. The Bertz CT molecular complexity index is 564. The summed E-state index contributed by atoms with van der Waals surface area (Å²) in [5.41, 5.74) is -0.224. The van der Waals surface area contributed by atoms with Gasteiger partial charge in [-0.05, 0) is 17.7 Å². The lowest BCUT2D eigenvalue weighted by molar-refractivity contribution is -0.137. The van der Waals surface area contributed by atoms with Crippen LogP contribution >= 0.6 is 23.2 Å². The number of rotatable bonds is 2. The lowest BCUT2D eigenvalue weighted by Crippen LogP contribution is -2.06. The summed E-state index contributed by atoms with van der Waals surface area (Å²) in [4.78, 5) is 3.81. The average molecular weight is 295 g/mol. The van der Waals surface area contributed by atoms with Gasteiger partial charge in [0.15, 0.2) is 0 Å². The predicted molar refractivity (Wildman–Crippen MR) is 62.8 cm³/mol. The number of benzene rings is 1. The molecule has 0 saturated heterocycles. The molecular formula is C11H7Cl2F3N2. The van der Waals surface area contributed by atoms with Crippen LogP contribution in [0.2, 0.25) is 10.2 Å². The van der Waals surface area contributed by atoms with Crippen LogP contribution in [0.25, 0.3) is 0 Å². The molecule has 2 aromatic rings. The number of hydrogen-bond acceptors (Lipinski definition) is 1. The molecule has 0 amide bonds. The Hall–Kier alpha value is -1.20. The molecule has 0 spiro atoms. The summed E-state index contributed by atoms with van der Waals surface area (Å²) >= 11 is 11.7. The van der Waals surface area contributed by atoms with E-state index in [0.717, 1.165) is 12.1 Å². The highest BCUT2D eigenvalue weighted by Crippen LogP contribution is 2.32. The van der Waals surface area contributed by atoms with Gasteiger partial charge in [-0.2, -0.15) is 13.2 Å². The second-order valence-corrected chi connectivity index (χ2v) is 4.44. The lowest BCUT2D eigenvalue weighted by atomic mass is 10.1. The van der Waals surface area contributed by atoms with E-state index in [4.69, 9.17) is 23.2 Å². The summed E-state index contributed by atoms with van der Waals surface area (Å²) in [7, 11) is 0. The van der Waals surface area contributed by atoms with Crippen LogP contribution in [-0.4, -0.2) is 9.55 Å². The molecule has 0 aliphatic carbocycles. The molecule has 0 unspecified atom stereocenters. The molecule has 1 heterocycles. The van der Waals surface area contributed by atoms with Crippen LogP contribution in [0.1, 0.15) is 11.1 Å². The van der Waals surface area contributed by atoms with Crippen molar-refractivity contribution in [2.45, 2.75) is 12.7 Å². The van der Waals surface area contributed by atoms with Gasteiger partial charge in [-0.1, -0.05) is 29.3 Å². The fourth-order valence-electron chi connectivity index (χ4n) is 1.46. The number of alkyl halides is 3. The summed E-state index contributed by atoms with van der Waals surface area (Å²) in [5.74, 6) is 0. The number of hydrogen-bond donors (Lipinski definition) is 0. The van der Waals surface area contributed by atoms with Crippen molar-refractivity contribution >= 4 is 23.2 Å². The van der Waals surface area contributed by atoms with Crippen molar-refractivity contribution in [2.24, 2.45) is 0 Å². The molecule has 0 atom stereocenters.